The largest absolute Gasteiger partial charge is 0.481 e. The summed E-state index contributed by atoms with van der Waals surface area (Å²) >= 11 is 0. The Morgan fingerprint density at radius 3 is 2.60 bits per heavy atom. The summed E-state index contributed by atoms with van der Waals surface area (Å²) in [5, 5.41) is 8.52. The third kappa shape index (κ3) is 3.01. The molecule has 2 aliphatic rings. The molecule has 3 unspecified atom stereocenters. The van der Waals surface area contributed by atoms with E-state index < -0.39 is 27.2 Å². The molecule has 2 fully saturated rings. The van der Waals surface area contributed by atoms with E-state index in [4.69, 9.17) is 0 Å². The van der Waals surface area contributed by atoms with Gasteiger partial charge >= 0.3 is 5.97 Å². The van der Waals surface area contributed by atoms with Crippen molar-refractivity contribution in [3.8, 4) is 0 Å². The summed E-state index contributed by atoms with van der Waals surface area (Å²) in [5.41, 5.74) is 0. The average Bonchev–Trinajstić information content (AvgIpc) is 2.89. The Labute approximate surface area is 121 Å². The summed E-state index contributed by atoms with van der Waals surface area (Å²) in [7, 11) is -3.47. The van der Waals surface area contributed by atoms with Crippen molar-refractivity contribution in [1.82, 2.24) is 4.31 Å². The standard InChI is InChI=1S/C14H25NO4S/c1-2-6-11-7-3-4-10-15(11)20(18,19)13-9-5-8-12(13)14(16)17/h11-13H,2-10H2,1H3,(H,16,17). The molecule has 1 aliphatic heterocycles. The molecule has 1 saturated heterocycles. The van der Waals surface area contributed by atoms with E-state index in [0.29, 0.717) is 25.8 Å². The molecule has 6 heteroatoms. The highest BCUT2D eigenvalue weighted by atomic mass is 32.2. The predicted octanol–water partition coefficient (Wildman–Crippen LogP) is 2.22. The number of carboxylic acids is 1. The Bertz CT molecular complexity index is 446. The zero-order valence-corrected chi connectivity index (χ0v) is 12.9. The molecule has 1 heterocycles. The normalized spacial score (nSPS) is 32.4. The van der Waals surface area contributed by atoms with E-state index in [9.17, 15) is 18.3 Å². The maximum atomic E-state index is 12.9. The molecule has 0 radical (unpaired) electrons. The predicted molar refractivity (Wildman–Crippen MR) is 76.9 cm³/mol. The number of piperidine rings is 1. The van der Waals surface area contributed by atoms with Crippen LogP contribution < -0.4 is 0 Å². The number of sulfonamides is 1. The van der Waals surface area contributed by atoms with Gasteiger partial charge in [-0.25, -0.2) is 8.42 Å². The zero-order chi connectivity index (χ0) is 14.8. The molecule has 0 spiro atoms. The summed E-state index contributed by atoms with van der Waals surface area (Å²) in [6.07, 6.45) is 6.41. The van der Waals surface area contributed by atoms with Crippen LogP contribution in [0.4, 0.5) is 0 Å². The molecule has 5 nitrogen and oxygen atoms in total. The molecule has 0 aromatic rings. The Morgan fingerprint density at radius 1 is 1.20 bits per heavy atom. The summed E-state index contributed by atoms with van der Waals surface area (Å²) in [6, 6.07) is 0.0776. The van der Waals surface area contributed by atoms with E-state index in [1.54, 1.807) is 4.31 Å². The Morgan fingerprint density at radius 2 is 1.95 bits per heavy atom. The molecule has 1 saturated carbocycles. The van der Waals surface area contributed by atoms with E-state index in [1.165, 1.54) is 0 Å². The lowest BCUT2D eigenvalue weighted by molar-refractivity contribution is -0.141. The molecule has 116 valence electrons. The van der Waals surface area contributed by atoms with Crippen molar-refractivity contribution < 1.29 is 18.3 Å². The summed E-state index contributed by atoms with van der Waals surface area (Å²) in [6.45, 7) is 2.63. The minimum atomic E-state index is -3.47. The number of carbonyl (C=O) groups is 1. The lowest BCUT2D eigenvalue weighted by Crippen LogP contribution is -2.49. The number of carboxylic acid groups (broad SMARTS) is 1. The van der Waals surface area contributed by atoms with Crippen LogP contribution in [0.3, 0.4) is 0 Å². The van der Waals surface area contributed by atoms with Crippen molar-refractivity contribution >= 4 is 16.0 Å². The van der Waals surface area contributed by atoms with Gasteiger partial charge in [0.15, 0.2) is 0 Å². The van der Waals surface area contributed by atoms with Crippen LogP contribution in [-0.2, 0) is 14.8 Å². The van der Waals surface area contributed by atoms with Crippen LogP contribution in [-0.4, -0.2) is 41.6 Å². The fourth-order valence-corrected chi connectivity index (χ4v) is 6.16. The molecule has 1 N–H and O–H groups in total. The van der Waals surface area contributed by atoms with E-state index in [2.05, 4.69) is 6.92 Å². The molecule has 0 bridgehead atoms. The van der Waals surface area contributed by atoms with Crippen molar-refractivity contribution in [1.29, 1.82) is 0 Å². The molecule has 3 atom stereocenters. The highest BCUT2D eigenvalue weighted by Crippen LogP contribution is 2.36. The van der Waals surface area contributed by atoms with Crippen LogP contribution in [0.5, 0.6) is 0 Å². The Kier molecular flexibility index (Phi) is 5.07. The zero-order valence-electron chi connectivity index (χ0n) is 12.1. The molecule has 0 amide bonds. The number of rotatable bonds is 5. The second-order valence-electron chi connectivity index (χ2n) is 6.01. The fraction of sp³-hybridized carbons (Fsp3) is 0.929. The number of aliphatic carboxylic acids is 1. The van der Waals surface area contributed by atoms with Gasteiger partial charge in [-0.1, -0.05) is 26.2 Å². The van der Waals surface area contributed by atoms with Gasteiger partial charge in [-0.2, -0.15) is 4.31 Å². The third-order valence-electron chi connectivity index (χ3n) is 4.67. The number of hydrogen-bond donors (Lipinski definition) is 1. The maximum absolute atomic E-state index is 12.9. The average molecular weight is 303 g/mol. The number of nitrogens with zero attached hydrogens (tertiary/aromatic N) is 1. The van der Waals surface area contributed by atoms with Crippen LogP contribution in [0.15, 0.2) is 0 Å². The van der Waals surface area contributed by atoms with Gasteiger partial charge in [0.2, 0.25) is 10.0 Å². The van der Waals surface area contributed by atoms with E-state index in [-0.39, 0.29) is 6.04 Å². The maximum Gasteiger partial charge on any atom is 0.307 e. The van der Waals surface area contributed by atoms with Crippen LogP contribution >= 0.6 is 0 Å². The molecular weight excluding hydrogens is 278 g/mol. The SMILES string of the molecule is CCCC1CCCCN1S(=O)(=O)C1CCCC1C(=O)O. The van der Waals surface area contributed by atoms with Gasteiger partial charge < -0.3 is 5.11 Å². The summed E-state index contributed by atoms with van der Waals surface area (Å²) in [5.74, 6) is -1.68. The molecule has 2 rings (SSSR count). The topological polar surface area (TPSA) is 74.7 Å². The first kappa shape index (κ1) is 15.8. The van der Waals surface area contributed by atoms with Crippen LogP contribution in [0.2, 0.25) is 0 Å². The smallest absolute Gasteiger partial charge is 0.307 e. The second-order valence-corrected chi connectivity index (χ2v) is 8.11. The first-order valence-corrected chi connectivity index (χ1v) is 9.22. The van der Waals surface area contributed by atoms with E-state index in [0.717, 1.165) is 32.1 Å². The van der Waals surface area contributed by atoms with Gasteiger partial charge in [-0.05, 0) is 32.1 Å². The first-order valence-electron chi connectivity index (χ1n) is 7.72. The Balaban J connectivity index is 2.21. The van der Waals surface area contributed by atoms with Gasteiger partial charge in [-0.3, -0.25) is 4.79 Å². The Hall–Kier alpha value is -0.620. The van der Waals surface area contributed by atoms with Crippen molar-refractivity contribution in [2.75, 3.05) is 6.54 Å². The highest BCUT2D eigenvalue weighted by molar-refractivity contribution is 7.89. The van der Waals surface area contributed by atoms with Gasteiger partial charge in [0.05, 0.1) is 11.2 Å². The van der Waals surface area contributed by atoms with Crippen LogP contribution in [0.25, 0.3) is 0 Å². The van der Waals surface area contributed by atoms with E-state index in [1.807, 2.05) is 0 Å². The number of hydrogen-bond acceptors (Lipinski definition) is 3. The highest BCUT2D eigenvalue weighted by Gasteiger charge is 2.46. The van der Waals surface area contributed by atoms with Crippen molar-refractivity contribution in [2.45, 2.75) is 69.6 Å². The fourth-order valence-electron chi connectivity index (χ4n) is 3.67. The second kappa shape index (κ2) is 6.43. The first-order chi connectivity index (χ1) is 9.48. The third-order valence-corrected chi connectivity index (χ3v) is 7.14. The monoisotopic (exact) mass is 303 g/mol. The summed E-state index contributed by atoms with van der Waals surface area (Å²) in [4.78, 5) is 11.3. The molecular formula is C14H25NO4S. The van der Waals surface area contributed by atoms with E-state index >= 15 is 0 Å². The minimum Gasteiger partial charge on any atom is -0.481 e. The molecule has 0 aromatic carbocycles. The van der Waals surface area contributed by atoms with Crippen molar-refractivity contribution in [3.05, 3.63) is 0 Å². The van der Waals surface area contributed by atoms with Crippen LogP contribution in [0.1, 0.15) is 58.3 Å². The van der Waals surface area contributed by atoms with Crippen molar-refractivity contribution in [3.63, 3.8) is 0 Å². The van der Waals surface area contributed by atoms with Gasteiger partial charge in [0.25, 0.3) is 0 Å². The van der Waals surface area contributed by atoms with Gasteiger partial charge in [0, 0.05) is 12.6 Å². The van der Waals surface area contributed by atoms with Gasteiger partial charge in [-0.15, -0.1) is 0 Å². The lowest BCUT2D eigenvalue weighted by Gasteiger charge is -2.37. The quantitative estimate of drug-likeness (QED) is 0.845. The molecule has 1 aliphatic carbocycles. The lowest BCUT2D eigenvalue weighted by atomic mass is 10.0. The molecule has 20 heavy (non-hydrogen) atoms. The minimum absolute atomic E-state index is 0.0776. The summed E-state index contributed by atoms with van der Waals surface area (Å²) < 4.78 is 27.3. The molecule has 0 aromatic heterocycles. The van der Waals surface area contributed by atoms with Gasteiger partial charge in [0.1, 0.15) is 0 Å². The van der Waals surface area contributed by atoms with Crippen LogP contribution in [0, 0.1) is 5.92 Å². The van der Waals surface area contributed by atoms with Crippen molar-refractivity contribution in [2.24, 2.45) is 5.92 Å².